The Kier molecular flexibility index (Phi) is 4.30. The zero-order chi connectivity index (χ0) is 16.2. The molecule has 1 aromatic heterocycles. The van der Waals surface area contributed by atoms with Gasteiger partial charge in [-0.2, -0.15) is 0 Å². The Bertz CT molecular complexity index is 856. The SMILES string of the molecule is O=C(Cc1c[nH]c2ccccc12)NNC(=O)c1ccc(Cl)cc1. The average Bonchev–Trinajstić information content (AvgIpc) is 2.96. The van der Waals surface area contributed by atoms with E-state index in [1.807, 2.05) is 24.3 Å². The van der Waals surface area contributed by atoms with Crippen LogP contribution in [0.25, 0.3) is 10.9 Å². The van der Waals surface area contributed by atoms with E-state index in [-0.39, 0.29) is 12.3 Å². The zero-order valence-electron chi connectivity index (χ0n) is 12.1. The summed E-state index contributed by atoms with van der Waals surface area (Å²) in [4.78, 5) is 27.0. The molecule has 2 aromatic carbocycles. The fourth-order valence-electron chi connectivity index (χ4n) is 2.29. The summed E-state index contributed by atoms with van der Waals surface area (Å²) in [6.45, 7) is 0. The maximum Gasteiger partial charge on any atom is 0.269 e. The molecule has 3 aromatic rings. The van der Waals surface area contributed by atoms with Gasteiger partial charge in [0.25, 0.3) is 5.91 Å². The molecule has 0 fully saturated rings. The molecule has 3 rings (SSSR count). The van der Waals surface area contributed by atoms with E-state index in [0.29, 0.717) is 10.6 Å². The Morgan fingerprint density at radius 3 is 2.52 bits per heavy atom. The monoisotopic (exact) mass is 327 g/mol. The molecule has 0 saturated carbocycles. The largest absolute Gasteiger partial charge is 0.361 e. The molecule has 1 heterocycles. The van der Waals surface area contributed by atoms with Gasteiger partial charge in [0.2, 0.25) is 5.91 Å². The fraction of sp³-hybridized carbons (Fsp3) is 0.0588. The second-order valence-corrected chi connectivity index (χ2v) is 5.48. The van der Waals surface area contributed by atoms with Crippen molar-refractivity contribution in [2.45, 2.75) is 6.42 Å². The molecule has 5 nitrogen and oxygen atoms in total. The van der Waals surface area contributed by atoms with Crippen LogP contribution in [0.1, 0.15) is 15.9 Å². The number of hydrazine groups is 1. The zero-order valence-corrected chi connectivity index (χ0v) is 12.9. The van der Waals surface area contributed by atoms with Crippen LogP contribution in [0.5, 0.6) is 0 Å². The molecule has 23 heavy (non-hydrogen) atoms. The minimum absolute atomic E-state index is 0.172. The van der Waals surface area contributed by atoms with Gasteiger partial charge >= 0.3 is 0 Å². The second-order valence-electron chi connectivity index (χ2n) is 5.05. The van der Waals surface area contributed by atoms with Gasteiger partial charge in [0, 0.05) is 27.7 Å². The molecule has 0 radical (unpaired) electrons. The molecule has 0 saturated heterocycles. The number of amides is 2. The van der Waals surface area contributed by atoms with Crippen molar-refractivity contribution in [3.05, 3.63) is 70.9 Å². The number of aromatic amines is 1. The molecule has 0 atom stereocenters. The summed E-state index contributed by atoms with van der Waals surface area (Å²) >= 11 is 5.77. The topological polar surface area (TPSA) is 74.0 Å². The number of benzene rings is 2. The highest BCUT2D eigenvalue weighted by Crippen LogP contribution is 2.17. The number of halogens is 1. The standard InChI is InChI=1S/C17H14ClN3O2/c18-13-7-5-11(6-8-13)17(23)21-20-16(22)9-12-10-19-15-4-2-1-3-14(12)15/h1-8,10,19H,9H2,(H,20,22)(H,21,23). The lowest BCUT2D eigenvalue weighted by atomic mass is 10.1. The predicted molar refractivity (Wildman–Crippen MR) is 89.1 cm³/mol. The number of nitrogens with one attached hydrogen (secondary N) is 3. The number of hydrogen-bond acceptors (Lipinski definition) is 2. The van der Waals surface area contributed by atoms with Gasteiger partial charge in [0.1, 0.15) is 0 Å². The van der Waals surface area contributed by atoms with Crippen molar-refractivity contribution in [1.82, 2.24) is 15.8 Å². The Hall–Kier alpha value is -2.79. The van der Waals surface area contributed by atoms with Crippen LogP contribution >= 0.6 is 11.6 Å². The van der Waals surface area contributed by atoms with Gasteiger partial charge in [0.05, 0.1) is 6.42 Å². The van der Waals surface area contributed by atoms with Crippen LogP contribution in [0.15, 0.2) is 54.7 Å². The average molecular weight is 328 g/mol. The molecule has 0 spiro atoms. The number of rotatable bonds is 3. The second kappa shape index (κ2) is 6.54. The highest BCUT2D eigenvalue weighted by atomic mass is 35.5. The Morgan fingerprint density at radius 2 is 1.74 bits per heavy atom. The predicted octanol–water partition coefficient (Wildman–Crippen LogP) is 2.83. The van der Waals surface area contributed by atoms with Crippen LogP contribution in [-0.4, -0.2) is 16.8 Å². The van der Waals surface area contributed by atoms with Crippen molar-refractivity contribution in [3.63, 3.8) is 0 Å². The van der Waals surface area contributed by atoms with E-state index in [1.165, 1.54) is 0 Å². The van der Waals surface area contributed by atoms with Gasteiger partial charge in [0.15, 0.2) is 0 Å². The normalized spacial score (nSPS) is 10.5. The molecule has 0 bridgehead atoms. The number of fused-ring (bicyclic) bond motifs is 1. The lowest BCUT2D eigenvalue weighted by molar-refractivity contribution is -0.121. The van der Waals surface area contributed by atoms with Crippen LogP contribution in [0.3, 0.4) is 0 Å². The Morgan fingerprint density at radius 1 is 1.00 bits per heavy atom. The first kappa shape index (κ1) is 15.1. The van der Waals surface area contributed by atoms with Gasteiger partial charge < -0.3 is 4.98 Å². The smallest absolute Gasteiger partial charge is 0.269 e. The van der Waals surface area contributed by atoms with Crippen LogP contribution in [-0.2, 0) is 11.2 Å². The molecule has 0 aliphatic heterocycles. The van der Waals surface area contributed by atoms with Gasteiger partial charge in [-0.1, -0.05) is 29.8 Å². The van der Waals surface area contributed by atoms with Crippen LogP contribution < -0.4 is 10.9 Å². The van der Waals surface area contributed by atoms with Gasteiger partial charge in [-0.15, -0.1) is 0 Å². The maximum absolute atomic E-state index is 12.0. The molecule has 3 N–H and O–H groups in total. The number of carbonyl (C=O) groups excluding carboxylic acids is 2. The number of H-pyrrole nitrogens is 1. The molecular weight excluding hydrogens is 314 g/mol. The summed E-state index contributed by atoms with van der Waals surface area (Å²) in [5.41, 5.74) is 7.07. The van der Waals surface area contributed by atoms with E-state index in [0.717, 1.165) is 16.5 Å². The molecule has 116 valence electrons. The van der Waals surface area contributed by atoms with Crippen molar-refractivity contribution in [2.75, 3.05) is 0 Å². The quantitative estimate of drug-likeness (QED) is 0.647. The lowest BCUT2D eigenvalue weighted by Crippen LogP contribution is -2.42. The minimum Gasteiger partial charge on any atom is -0.361 e. The van der Waals surface area contributed by atoms with Gasteiger partial charge in [-0.25, -0.2) is 0 Å². The summed E-state index contributed by atoms with van der Waals surface area (Å²) in [7, 11) is 0. The van der Waals surface area contributed by atoms with Gasteiger partial charge in [-0.3, -0.25) is 20.4 Å². The molecular formula is C17H14ClN3O2. The summed E-state index contributed by atoms with van der Waals surface area (Å²) in [6, 6.07) is 14.1. The number of para-hydroxylation sites is 1. The highest BCUT2D eigenvalue weighted by molar-refractivity contribution is 6.30. The van der Waals surface area contributed by atoms with E-state index in [1.54, 1.807) is 30.5 Å². The van der Waals surface area contributed by atoms with E-state index in [2.05, 4.69) is 15.8 Å². The van der Waals surface area contributed by atoms with Crippen LogP contribution in [0, 0.1) is 0 Å². The number of hydrogen-bond donors (Lipinski definition) is 3. The van der Waals surface area contributed by atoms with Crippen LogP contribution in [0.2, 0.25) is 5.02 Å². The van der Waals surface area contributed by atoms with Gasteiger partial charge in [-0.05, 0) is 35.9 Å². The Labute approximate surface area is 137 Å². The first-order valence-corrected chi connectivity index (χ1v) is 7.41. The van der Waals surface area contributed by atoms with Crippen molar-refractivity contribution < 1.29 is 9.59 Å². The Balaban J connectivity index is 1.59. The van der Waals surface area contributed by atoms with E-state index < -0.39 is 5.91 Å². The fourth-order valence-corrected chi connectivity index (χ4v) is 2.42. The van der Waals surface area contributed by atoms with Crippen molar-refractivity contribution >= 4 is 34.3 Å². The number of carbonyl (C=O) groups is 2. The third-order valence-corrected chi connectivity index (χ3v) is 3.70. The third kappa shape index (κ3) is 3.52. The maximum atomic E-state index is 12.0. The lowest BCUT2D eigenvalue weighted by Gasteiger charge is -2.07. The first-order chi connectivity index (χ1) is 11.1. The summed E-state index contributed by atoms with van der Waals surface area (Å²) in [5.74, 6) is -0.689. The van der Waals surface area contributed by atoms with Crippen molar-refractivity contribution in [1.29, 1.82) is 0 Å². The summed E-state index contributed by atoms with van der Waals surface area (Å²) in [5, 5.41) is 1.54. The van der Waals surface area contributed by atoms with E-state index in [9.17, 15) is 9.59 Å². The molecule has 2 amide bonds. The third-order valence-electron chi connectivity index (χ3n) is 3.45. The van der Waals surface area contributed by atoms with E-state index in [4.69, 9.17) is 11.6 Å². The summed E-state index contributed by atoms with van der Waals surface area (Å²) in [6.07, 6.45) is 1.97. The molecule has 0 unspecified atom stereocenters. The van der Waals surface area contributed by atoms with Crippen LogP contribution in [0.4, 0.5) is 0 Å². The molecule has 6 heteroatoms. The molecule has 0 aliphatic carbocycles. The van der Waals surface area contributed by atoms with Crippen molar-refractivity contribution in [2.24, 2.45) is 0 Å². The summed E-state index contributed by atoms with van der Waals surface area (Å²) < 4.78 is 0. The molecule has 0 aliphatic rings. The number of aromatic nitrogens is 1. The highest BCUT2D eigenvalue weighted by Gasteiger charge is 2.10. The first-order valence-electron chi connectivity index (χ1n) is 7.03. The minimum atomic E-state index is -0.394. The van der Waals surface area contributed by atoms with E-state index >= 15 is 0 Å². The van der Waals surface area contributed by atoms with Crippen molar-refractivity contribution in [3.8, 4) is 0 Å².